The summed E-state index contributed by atoms with van der Waals surface area (Å²) < 4.78 is 0. The van der Waals surface area contributed by atoms with Crippen LogP contribution in [0.25, 0.3) is 0 Å². The van der Waals surface area contributed by atoms with Gasteiger partial charge in [-0.1, -0.05) is 26.2 Å². The third-order valence-electron chi connectivity index (χ3n) is 2.98. The lowest BCUT2D eigenvalue weighted by atomic mass is 10.2. The van der Waals surface area contributed by atoms with Crippen LogP contribution in [0, 0.1) is 0 Å². The van der Waals surface area contributed by atoms with Gasteiger partial charge in [0, 0.05) is 18.2 Å². The fraction of sp³-hybridized carbons (Fsp3) is 1.00. The molecule has 1 nitrogen and oxygen atoms in total. The van der Waals surface area contributed by atoms with E-state index in [1.54, 1.807) is 0 Å². The van der Waals surface area contributed by atoms with Crippen LogP contribution < -0.4 is 0 Å². The van der Waals surface area contributed by atoms with Crippen molar-refractivity contribution in [1.82, 2.24) is 4.90 Å². The van der Waals surface area contributed by atoms with Crippen molar-refractivity contribution in [2.45, 2.75) is 45.4 Å². The number of hydrogen-bond donors (Lipinski definition) is 0. The van der Waals surface area contributed by atoms with Gasteiger partial charge in [0.1, 0.15) is 0 Å². The molecule has 3 heteroatoms. The molecule has 1 aliphatic heterocycles. The fourth-order valence-corrected chi connectivity index (χ4v) is 3.95. The van der Waals surface area contributed by atoms with Crippen molar-refractivity contribution in [2.24, 2.45) is 0 Å². The minimum Gasteiger partial charge on any atom is -0.293 e. The SMILES string of the molecule is CCCCCSCCCCCN1CCSC1. The highest BCUT2D eigenvalue weighted by molar-refractivity contribution is 7.99. The molecule has 1 fully saturated rings. The van der Waals surface area contributed by atoms with Gasteiger partial charge in [-0.2, -0.15) is 11.8 Å². The van der Waals surface area contributed by atoms with Crippen LogP contribution in [0.3, 0.4) is 0 Å². The highest BCUT2D eigenvalue weighted by Crippen LogP contribution is 2.14. The molecule has 1 rings (SSSR count). The summed E-state index contributed by atoms with van der Waals surface area (Å²) >= 11 is 4.24. The second-order valence-corrected chi connectivity index (χ2v) is 6.83. The zero-order valence-electron chi connectivity index (χ0n) is 10.7. The van der Waals surface area contributed by atoms with E-state index in [1.165, 1.54) is 74.7 Å². The highest BCUT2D eigenvalue weighted by Gasteiger charge is 2.10. The van der Waals surface area contributed by atoms with Crippen LogP contribution in [0.4, 0.5) is 0 Å². The highest BCUT2D eigenvalue weighted by atomic mass is 32.2. The van der Waals surface area contributed by atoms with Gasteiger partial charge in [-0.25, -0.2) is 0 Å². The topological polar surface area (TPSA) is 3.24 Å². The molecule has 1 heterocycles. The number of hydrogen-bond acceptors (Lipinski definition) is 3. The summed E-state index contributed by atoms with van der Waals surface area (Å²) in [6.45, 7) is 4.95. The molecule has 0 aromatic rings. The summed E-state index contributed by atoms with van der Waals surface area (Å²) in [4.78, 5) is 2.60. The van der Waals surface area contributed by atoms with Gasteiger partial charge in [-0.05, 0) is 37.3 Å². The molecule has 1 aliphatic rings. The van der Waals surface area contributed by atoms with Gasteiger partial charge in [-0.15, -0.1) is 11.8 Å². The van der Waals surface area contributed by atoms with Crippen LogP contribution in [-0.4, -0.2) is 41.1 Å². The van der Waals surface area contributed by atoms with E-state index in [0.29, 0.717) is 0 Å². The van der Waals surface area contributed by atoms with Gasteiger partial charge in [0.25, 0.3) is 0 Å². The van der Waals surface area contributed by atoms with Crippen LogP contribution in [0.15, 0.2) is 0 Å². The average Bonchev–Trinajstić information content (AvgIpc) is 2.80. The van der Waals surface area contributed by atoms with E-state index < -0.39 is 0 Å². The van der Waals surface area contributed by atoms with E-state index in [2.05, 4.69) is 35.3 Å². The molecule has 0 aromatic heterocycles. The van der Waals surface area contributed by atoms with E-state index in [4.69, 9.17) is 0 Å². The maximum absolute atomic E-state index is 2.60. The molecular formula is C13H27NS2. The molecule has 0 aromatic carbocycles. The minimum atomic E-state index is 1.28. The van der Waals surface area contributed by atoms with Crippen LogP contribution in [0.2, 0.25) is 0 Å². The Hall–Kier alpha value is 0.660. The molecule has 0 radical (unpaired) electrons. The third-order valence-corrected chi connectivity index (χ3v) is 5.15. The molecular weight excluding hydrogens is 234 g/mol. The summed E-state index contributed by atoms with van der Waals surface area (Å²) in [6.07, 6.45) is 8.47. The first-order valence-electron chi connectivity index (χ1n) is 6.81. The largest absolute Gasteiger partial charge is 0.293 e. The Morgan fingerprint density at radius 3 is 2.56 bits per heavy atom. The fourth-order valence-electron chi connectivity index (χ4n) is 1.90. The van der Waals surface area contributed by atoms with Gasteiger partial charge in [0.15, 0.2) is 0 Å². The van der Waals surface area contributed by atoms with E-state index in [1.807, 2.05) is 0 Å². The van der Waals surface area contributed by atoms with Crippen molar-refractivity contribution in [3.05, 3.63) is 0 Å². The molecule has 0 bridgehead atoms. The molecule has 0 N–H and O–H groups in total. The zero-order chi connectivity index (χ0) is 11.5. The predicted octanol–water partition coefficient (Wildman–Crippen LogP) is 4.09. The van der Waals surface area contributed by atoms with Gasteiger partial charge >= 0.3 is 0 Å². The Bertz CT molecular complexity index is 147. The maximum atomic E-state index is 2.60. The standard InChI is InChI=1S/C13H27NS2/c1-2-3-6-10-15-11-7-4-5-8-14-9-12-16-13-14/h2-13H2,1H3. The Balaban J connectivity index is 1.71. The Morgan fingerprint density at radius 2 is 1.88 bits per heavy atom. The smallest absolute Gasteiger partial charge is 0.0445 e. The van der Waals surface area contributed by atoms with E-state index in [9.17, 15) is 0 Å². The zero-order valence-corrected chi connectivity index (χ0v) is 12.4. The Morgan fingerprint density at radius 1 is 1.06 bits per heavy atom. The van der Waals surface area contributed by atoms with Gasteiger partial charge < -0.3 is 0 Å². The minimum absolute atomic E-state index is 1.28. The van der Waals surface area contributed by atoms with E-state index in [-0.39, 0.29) is 0 Å². The summed E-state index contributed by atoms with van der Waals surface area (Å²) in [5.41, 5.74) is 0. The van der Waals surface area contributed by atoms with Gasteiger partial charge in [-0.3, -0.25) is 4.90 Å². The van der Waals surface area contributed by atoms with E-state index >= 15 is 0 Å². The van der Waals surface area contributed by atoms with Gasteiger partial charge in [0.2, 0.25) is 0 Å². The quantitative estimate of drug-likeness (QED) is 0.545. The van der Waals surface area contributed by atoms with Crippen molar-refractivity contribution >= 4 is 23.5 Å². The molecule has 0 atom stereocenters. The Kier molecular flexibility index (Phi) is 9.93. The molecule has 0 unspecified atom stereocenters. The Labute approximate surface area is 110 Å². The van der Waals surface area contributed by atoms with Crippen molar-refractivity contribution in [1.29, 1.82) is 0 Å². The summed E-state index contributed by atoms with van der Waals surface area (Å²) in [5, 5.41) is 0. The first-order valence-corrected chi connectivity index (χ1v) is 9.12. The van der Waals surface area contributed by atoms with Crippen molar-refractivity contribution < 1.29 is 0 Å². The lowest BCUT2D eigenvalue weighted by molar-refractivity contribution is 0.346. The number of thioether (sulfide) groups is 2. The van der Waals surface area contributed by atoms with Crippen LogP contribution in [0.5, 0.6) is 0 Å². The van der Waals surface area contributed by atoms with Crippen LogP contribution in [-0.2, 0) is 0 Å². The average molecular weight is 262 g/mol. The normalized spacial score (nSPS) is 17.1. The molecule has 0 amide bonds. The van der Waals surface area contributed by atoms with E-state index in [0.717, 1.165) is 0 Å². The van der Waals surface area contributed by atoms with Gasteiger partial charge in [0.05, 0.1) is 0 Å². The lowest BCUT2D eigenvalue weighted by Crippen LogP contribution is -2.20. The maximum Gasteiger partial charge on any atom is 0.0445 e. The molecule has 96 valence electrons. The molecule has 16 heavy (non-hydrogen) atoms. The van der Waals surface area contributed by atoms with Crippen LogP contribution >= 0.6 is 23.5 Å². The summed E-state index contributed by atoms with van der Waals surface area (Å²) in [6, 6.07) is 0. The monoisotopic (exact) mass is 261 g/mol. The summed E-state index contributed by atoms with van der Waals surface area (Å²) in [7, 11) is 0. The number of rotatable bonds is 10. The van der Waals surface area contributed by atoms with Crippen molar-refractivity contribution in [3.8, 4) is 0 Å². The van der Waals surface area contributed by atoms with Crippen molar-refractivity contribution in [3.63, 3.8) is 0 Å². The number of unbranched alkanes of at least 4 members (excludes halogenated alkanes) is 4. The van der Waals surface area contributed by atoms with Crippen LogP contribution in [0.1, 0.15) is 45.4 Å². The predicted molar refractivity (Wildman–Crippen MR) is 79.6 cm³/mol. The molecule has 0 spiro atoms. The second kappa shape index (κ2) is 10.8. The molecule has 0 aliphatic carbocycles. The first-order chi connectivity index (χ1) is 7.93. The lowest BCUT2D eigenvalue weighted by Gasteiger charge is -2.12. The number of nitrogens with zero attached hydrogens (tertiary/aromatic N) is 1. The molecule has 1 saturated heterocycles. The summed E-state index contributed by atoms with van der Waals surface area (Å²) in [5.74, 6) is 5.41. The second-order valence-electron chi connectivity index (χ2n) is 4.54. The third kappa shape index (κ3) is 7.86. The molecule has 0 saturated carbocycles. The first kappa shape index (κ1) is 14.7. The van der Waals surface area contributed by atoms with Crippen molar-refractivity contribution in [2.75, 3.05) is 36.2 Å².